The molecule has 0 aliphatic rings. The van der Waals surface area contributed by atoms with Crippen molar-refractivity contribution in [1.29, 1.82) is 0 Å². The van der Waals surface area contributed by atoms with Crippen LogP contribution in [0.25, 0.3) is 0 Å². The lowest BCUT2D eigenvalue weighted by Gasteiger charge is -2.24. The van der Waals surface area contributed by atoms with E-state index >= 15 is 0 Å². The smallest absolute Gasteiger partial charge is 0.326 e. The molecule has 5 heteroatoms. The summed E-state index contributed by atoms with van der Waals surface area (Å²) in [6.45, 7) is 2.50. The van der Waals surface area contributed by atoms with Crippen LogP contribution in [-0.4, -0.2) is 12.6 Å². The lowest BCUT2D eigenvalue weighted by molar-refractivity contribution is 0.257. The second kappa shape index (κ2) is 6.74. The van der Waals surface area contributed by atoms with E-state index in [0.717, 1.165) is 6.42 Å². The van der Waals surface area contributed by atoms with Crippen LogP contribution in [0.1, 0.15) is 13.3 Å². The number of carbonyl (C=O) groups is 1. The SMILES string of the molecule is CCCN(C(=O)Nc1cccc(F)c1)c1ccccc1N. The molecule has 0 aliphatic carbocycles. The minimum Gasteiger partial charge on any atom is -0.397 e. The van der Waals surface area contributed by atoms with Gasteiger partial charge in [-0.3, -0.25) is 4.90 Å². The molecule has 2 rings (SSSR count). The third kappa shape index (κ3) is 3.72. The van der Waals surface area contributed by atoms with Crippen LogP contribution in [0.4, 0.5) is 26.2 Å². The van der Waals surface area contributed by atoms with Gasteiger partial charge < -0.3 is 11.1 Å². The molecule has 3 N–H and O–H groups in total. The second-order valence-corrected chi connectivity index (χ2v) is 4.65. The van der Waals surface area contributed by atoms with Crippen LogP contribution in [0.3, 0.4) is 0 Å². The maximum Gasteiger partial charge on any atom is 0.326 e. The number of nitrogens with zero attached hydrogens (tertiary/aromatic N) is 1. The predicted molar refractivity (Wildman–Crippen MR) is 83.9 cm³/mol. The molecule has 0 unspecified atom stereocenters. The fraction of sp³-hybridized carbons (Fsp3) is 0.188. The fourth-order valence-corrected chi connectivity index (χ4v) is 2.05. The Hall–Kier alpha value is -2.56. The molecule has 0 fully saturated rings. The van der Waals surface area contributed by atoms with Crippen molar-refractivity contribution in [2.75, 3.05) is 22.5 Å². The monoisotopic (exact) mass is 287 g/mol. The number of halogens is 1. The first-order chi connectivity index (χ1) is 10.1. The quantitative estimate of drug-likeness (QED) is 0.839. The van der Waals surface area contributed by atoms with Crippen molar-refractivity contribution < 1.29 is 9.18 Å². The molecule has 0 saturated carbocycles. The number of nitrogens with one attached hydrogen (secondary N) is 1. The number of anilines is 3. The van der Waals surface area contributed by atoms with Crippen molar-refractivity contribution in [2.24, 2.45) is 0 Å². The molecule has 0 heterocycles. The van der Waals surface area contributed by atoms with Crippen LogP contribution in [0.2, 0.25) is 0 Å². The van der Waals surface area contributed by atoms with Crippen molar-refractivity contribution in [1.82, 2.24) is 0 Å². The predicted octanol–water partition coefficient (Wildman–Crippen LogP) is 3.86. The molecule has 2 aromatic rings. The number of rotatable bonds is 4. The first-order valence-electron chi connectivity index (χ1n) is 6.80. The van der Waals surface area contributed by atoms with Gasteiger partial charge in [0.2, 0.25) is 0 Å². The molecule has 0 atom stereocenters. The topological polar surface area (TPSA) is 58.4 Å². The largest absolute Gasteiger partial charge is 0.397 e. The van der Waals surface area contributed by atoms with Gasteiger partial charge in [0.1, 0.15) is 5.82 Å². The highest BCUT2D eigenvalue weighted by molar-refractivity contribution is 6.03. The van der Waals surface area contributed by atoms with Gasteiger partial charge in [-0.15, -0.1) is 0 Å². The minimum absolute atomic E-state index is 0.333. The van der Waals surface area contributed by atoms with E-state index < -0.39 is 5.82 Å². The zero-order valence-electron chi connectivity index (χ0n) is 11.8. The fourth-order valence-electron chi connectivity index (χ4n) is 2.05. The van der Waals surface area contributed by atoms with Gasteiger partial charge in [0, 0.05) is 12.2 Å². The van der Waals surface area contributed by atoms with Crippen LogP contribution in [0, 0.1) is 5.82 Å². The summed E-state index contributed by atoms with van der Waals surface area (Å²) in [5, 5.41) is 2.68. The maximum absolute atomic E-state index is 13.2. The molecule has 2 aromatic carbocycles. The maximum atomic E-state index is 13.2. The summed E-state index contributed by atoms with van der Waals surface area (Å²) in [4.78, 5) is 14.0. The highest BCUT2D eigenvalue weighted by atomic mass is 19.1. The highest BCUT2D eigenvalue weighted by Gasteiger charge is 2.17. The van der Waals surface area contributed by atoms with Crippen LogP contribution < -0.4 is 16.0 Å². The Kier molecular flexibility index (Phi) is 4.77. The van der Waals surface area contributed by atoms with Gasteiger partial charge in [0.05, 0.1) is 11.4 Å². The number of hydrogen-bond acceptors (Lipinski definition) is 2. The Bertz CT molecular complexity index is 630. The number of carbonyl (C=O) groups excluding carboxylic acids is 1. The first kappa shape index (κ1) is 14.8. The van der Waals surface area contributed by atoms with E-state index in [0.29, 0.717) is 23.6 Å². The number of urea groups is 1. The number of nitrogen functional groups attached to an aromatic ring is 1. The number of amides is 2. The Balaban J connectivity index is 2.22. The molecule has 0 radical (unpaired) electrons. The number of benzene rings is 2. The van der Waals surface area contributed by atoms with Gasteiger partial charge >= 0.3 is 6.03 Å². The van der Waals surface area contributed by atoms with Gasteiger partial charge in [0.15, 0.2) is 0 Å². The number of para-hydroxylation sites is 2. The summed E-state index contributed by atoms with van der Waals surface area (Å²) in [7, 11) is 0. The van der Waals surface area contributed by atoms with E-state index in [-0.39, 0.29) is 6.03 Å². The Morgan fingerprint density at radius 3 is 2.67 bits per heavy atom. The van der Waals surface area contributed by atoms with Crippen molar-refractivity contribution >= 4 is 23.1 Å². The van der Waals surface area contributed by atoms with Crippen molar-refractivity contribution in [3.8, 4) is 0 Å². The third-order valence-electron chi connectivity index (χ3n) is 3.00. The van der Waals surface area contributed by atoms with Crippen LogP contribution >= 0.6 is 0 Å². The zero-order valence-corrected chi connectivity index (χ0v) is 11.8. The van der Waals surface area contributed by atoms with Gasteiger partial charge in [-0.25, -0.2) is 9.18 Å². The Morgan fingerprint density at radius 1 is 1.24 bits per heavy atom. The molecule has 0 spiro atoms. The summed E-state index contributed by atoms with van der Waals surface area (Å²) in [6, 6.07) is 12.6. The molecule has 21 heavy (non-hydrogen) atoms. The minimum atomic E-state index is -0.394. The standard InChI is InChI=1S/C16H18FN3O/c1-2-10-20(15-9-4-3-8-14(15)18)16(21)19-13-7-5-6-12(17)11-13/h3-9,11H,2,10,18H2,1H3,(H,19,21). The summed E-state index contributed by atoms with van der Waals surface area (Å²) in [5.41, 5.74) is 7.51. The molecular weight excluding hydrogens is 269 g/mol. The van der Waals surface area contributed by atoms with E-state index in [2.05, 4.69) is 5.32 Å². The molecule has 4 nitrogen and oxygen atoms in total. The summed E-state index contributed by atoms with van der Waals surface area (Å²) < 4.78 is 13.2. The summed E-state index contributed by atoms with van der Waals surface area (Å²) in [5.74, 6) is -0.394. The third-order valence-corrected chi connectivity index (χ3v) is 3.00. The molecule has 2 amide bonds. The van der Waals surface area contributed by atoms with E-state index in [9.17, 15) is 9.18 Å². The van der Waals surface area contributed by atoms with E-state index in [1.807, 2.05) is 19.1 Å². The second-order valence-electron chi connectivity index (χ2n) is 4.65. The van der Waals surface area contributed by atoms with E-state index in [1.165, 1.54) is 12.1 Å². The normalized spacial score (nSPS) is 10.2. The van der Waals surface area contributed by atoms with Gasteiger partial charge in [-0.1, -0.05) is 25.1 Å². The lowest BCUT2D eigenvalue weighted by atomic mass is 10.2. The van der Waals surface area contributed by atoms with E-state index in [1.54, 1.807) is 29.2 Å². The van der Waals surface area contributed by atoms with Gasteiger partial charge in [-0.05, 0) is 36.8 Å². The van der Waals surface area contributed by atoms with Crippen molar-refractivity contribution in [3.63, 3.8) is 0 Å². The highest BCUT2D eigenvalue weighted by Crippen LogP contribution is 2.23. The average Bonchev–Trinajstić information content (AvgIpc) is 2.45. The van der Waals surface area contributed by atoms with Crippen molar-refractivity contribution in [3.05, 3.63) is 54.3 Å². The first-order valence-corrected chi connectivity index (χ1v) is 6.80. The molecular formula is C16H18FN3O. The summed E-state index contributed by atoms with van der Waals surface area (Å²) >= 11 is 0. The lowest BCUT2D eigenvalue weighted by Crippen LogP contribution is -2.36. The molecule has 0 aromatic heterocycles. The number of hydrogen-bond donors (Lipinski definition) is 2. The molecule has 0 aliphatic heterocycles. The molecule has 0 bridgehead atoms. The Labute approximate surface area is 123 Å². The molecule has 0 saturated heterocycles. The van der Waals surface area contributed by atoms with Crippen LogP contribution in [0.5, 0.6) is 0 Å². The number of nitrogens with two attached hydrogens (primary N) is 1. The van der Waals surface area contributed by atoms with E-state index in [4.69, 9.17) is 5.73 Å². The van der Waals surface area contributed by atoms with Crippen LogP contribution in [-0.2, 0) is 0 Å². The Morgan fingerprint density at radius 2 is 2.00 bits per heavy atom. The van der Waals surface area contributed by atoms with Crippen molar-refractivity contribution in [2.45, 2.75) is 13.3 Å². The summed E-state index contributed by atoms with van der Waals surface area (Å²) in [6.07, 6.45) is 0.783. The van der Waals surface area contributed by atoms with Gasteiger partial charge in [-0.2, -0.15) is 0 Å². The average molecular weight is 287 g/mol. The molecule has 110 valence electrons. The van der Waals surface area contributed by atoms with Crippen LogP contribution in [0.15, 0.2) is 48.5 Å². The zero-order chi connectivity index (χ0) is 15.2. The van der Waals surface area contributed by atoms with Gasteiger partial charge in [0.25, 0.3) is 0 Å².